The van der Waals surface area contributed by atoms with Crippen LogP contribution in [0, 0.1) is 6.92 Å². The molecule has 7 nitrogen and oxygen atoms in total. The monoisotopic (exact) mass is 410 g/mol. The highest BCUT2D eigenvalue weighted by atomic mass is 16.5. The van der Waals surface area contributed by atoms with Gasteiger partial charge in [-0.1, -0.05) is 30.3 Å². The fourth-order valence-electron chi connectivity index (χ4n) is 4.43. The van der Waals surface area contributed by atoms with Gasteiger partial charge in [-0.15, -0.1) is 0 Å². The Morgan fingerprint density at radius 3 is 2.63 bits per heavy atom. The molecule has 2 amide bonds. The van der Waals surface area contributed by atoms with Gasteiger partial charge in [0.15, 0.2) is 0 Å². The number of hydrogen-bond donors (Lipinski definition) is 1. The Balaban J connectivity index is 1.20. The molecule has 2 aliphatic rings. The van der Waals surface area contributed by atoms with Gasteiger partial charge >= 0.3 is 0 Å². The molecule has 1 aromatic heterocycles. The molecule has 160 valence electrons. The fraction of sp³-hybridized carbons (Fsp3) is 0.522. The predicted molar refractivity (Wildman–Crippen MR) is 113 cm³/mol. The molecule has 2 fully saturated rings. The van der Waals surface area contributed by atoms with Crippen LogP contribution in [0.25, 0.3) is 0 Å². The van der Waals surface area contributed by atoms with Crippen molar-refractivity contribution in [2.24, 2.45) is 0 Å². The van der Waals surface area contributed by atoms with E-state index in [0.29, 0.717) is 13.0 Å². The van der Waals surface area contributed by atoms with Crippen LogP contribution in [0.15, 0.2) is 42.6 Å². The molecule has 4 rings (SSSR count). The third-order valence-corrected chi connectivity index (χ3v) is 6.17. The Labute approximate surface area is 177 Å². The van der Waals surface area contributed by atoms with Gasteiger partial charge in [0.25, 0.3) is 0 Å². The van der Waals surface area contributed by atoms with Crippen LogP contribution in [0.2, 0.25) is 0 Å². The van der Waals surface area contributed by atoms with Crippen LogP contribution in [-0.4, -0.2) is 57.8 Å². The molecule has 2 saturated heterocycles. The van der Waals surface area contributed by atoms with E-state index in [4.69, 9.17) is 4.74 Å². The number of aromatic nitrogens is 2. The maximum atomic E-state index is 12.6. The largest absolute Gasteiger partial charge is 0.370 e. The average Bonchev–Trinajstić information content (AvgIpc) is 3.34. The van der Waals surface area contributed by atoms with Crippen LogP contribution >= 0.6 is 0 Å². The highest BCUT2D eigenvalue weighted by Crippen LogP contribution is 2.38. The third-order valence-electron chi connectivity index (χ3n) is 6.17. The van der Waals surface area contributed by atoms with E-state index in [1.807, 2.05) is 54.4 Å². The van der Waals surface area contributed by atoms with Crippen LogP contribution in [0.4, 0.5) is 0 Å². The quantitative estimate of drug-likeness (QED) is 0.791. The van der Waals surface area contributed by atoms with Gasteiger partial charge < -0.3 is 15.0 Å². The standard InChI is InChI=1S/C23H30N4O3/c1-18-8-12-27(25-18)17-21(28)24-16-20-7-9-23(30-20)10-13-26(14-11-23)22(29)15-19-5-3-2-4-6-19/h2-6,8,12,20H,7,9-11,13-17H2,1H3,(H,24,28)/t20-/m0/s1. The van der Waals surface area contributed by atoms with Crippen LogP contribution in [-0.2, 0) is 27.3 Å². The topological polar surface area (TPSA) is 76.5 Å². The summed E-state index contributed by atoms with van der Waals surface area (Å²) in [7, 11) is 0. The first kappa shape index (κ1) is 20.6. The van der Waals surface area contributed by atoms with Gasteiger partial charge in [-0.2, -0.15) is 5.10 Å². The molecule has 2 aliphatic heterocycles. The lowest BCUT2D eigenvalue weighted by Crippen LogP contribution is -2.47. The summed E-state index contributed by atoms with van der Waals surface area (Å²) in [6.07, 6.45) is 5.97. The molecule has 1 aromatic carbocycles. The molecule has 0 aliphatic carbocycles. The van der Waals surface area contributed by atoms with Crippen LogP contribution in [0.5, 0.6) is 0 Å². The summed E-state index contributed by atoms with van der Waals surface area (Å²) in [5, 5.41) is 7.21. The van der Waals surface area contributed by atoms with Gasteiger partial charge in [-0.25, -0.2) is 0 Å². The number of nitrogens with one attached hydrogen (secondary N) is 1. The van der Waals surface area contributed by atoms with E-state index in [2.05, 4.69) is 10.4 Å². The number of carbonyl (C=O) groups excluding carboxylic acids is 2. The first-order chi connectivity index (χ1) is 14.5. The lowest BCUT2D eigenvalue weighted by molar-refractivity contribution is -0.137. The van der Waals surface area contributed by atoms with Crippen molar-refractivity contribution >= 4 is 11.8 Å². The SMILES string of the molecule is Cc1ccn(CC(=O)NC[C@@H]2CCC3(CCN(C(=O)Cc4ccccc4)CC3)O2)n1. The summed E-state index contributed by atoms with van der Waals surface area (Å²) in [6, 6.07) is 11.8. The predicted octanol–water partition coefficient (Wildman–Crippen LogP) is 2.09. The smallest absolute Gasteiger partial charge is 0.241 e. The molecule has 7 heteroatoms. The number of aryl methyl sites for hydroxylation is 1. The number of ether oxygens (including phenoxy) is 1. The minimum atomic E-state index is -0.141. The highest BCUT2D eigenvalue weighted by Gasteiger charge is 2.43. The van der Waals surface area contributed by atoms with Crippen molar-refractivity contribution in [3.8, 4) is 0 Å². The van der Waals surface area contributed by atoms with Gasteiger partial charge in [-0.3, -0.25) is 14.3 Å². The van der Waals surface area contributed by atoms with E-state index < -0.39 is 0 Å². The second kappa shape index (κ2) is 9.00. The molecule has 0 unspecified atom stereocenters. The second-order valence-corrected chi connectivity index (χ2v) is 8.46. The van der Waals surface area contributed by atoms with Gasteiger partial charge in [-0.05, 0) is 44.2 Å². The minimum absolute atomic E-state index is 0.0416. The number of amides is 2. The normalized spacial score (nSPS) is 20.4. The molecule has 3 heterocycles. The molecule has 1 spiro atoms. The summed E-state index contributed by atoms with van der Waals surface area (Å²) >= 11 is 0. The van der Waals surface area contributed by atoms with Crippen LogP contribution in [0.1, 0.15) is 36.9 Å². The summed E-state index contributed by atoms with van der Waals surface area (Å²) in [6.45, 7) is 4.13. The van der Waals surface area contributed by atoms with Gasteiger partial charge in [0.05, 0.1) is 23.8 Å². The van der Waals surface area contributed by atoms with E-state index >= 15 is 0 Å². The van der Waals surface area contributed by atoms with Gasteiger partial charge in [0.2, 0.25) is 11.8 Å². The number of carbonyl (C=O) groups is 2. The Kier molecular flexibility index (Phi) is 6.18. The van der Waals surface area contributed by atoms with Crippen molar-refractivity contribution in [1.29, 1.82) is 0 Å². The van der Waals surface area contributed by atoms with E-state index in [-0.39, 0.29) is 30.1 Å². The number of hydrogen-bond acceptors (Lipinski definition) is 4. The minimum Gasteiger partial charge on any atom is -0.370 e. The van der Waals surface area contributed by atoms with Crippen LogP contribution in [0.3, 0.4) is 0 Å². The second-order valence-electron chi connectivity index (χ2n) is 8.46. The van der Waals surface area contributed by atoms with Crippen molar-refractivity contribution < 1.29 is 14.3 Å². The molecular formula is C23H30N4O3. The maximum Gasteiger partial charge on any atom is 0.241 e. The number of likely N-dealkylation sites (tertiary alicyclic amines) is 1. The van der Waals surface area contributed by atoms with E-state index in [1.54, 1.807) is 4.68 Å². The Hall–Kier alpha value is -2.67. The summed E-state index contributed by atoms with van der Waals surface area (Å²) < 4.78 is 8.01. The third kappa shape index (κ3) is 5.08. The molecule has 30 heavy (non-hydrogen) atoms. The van der Waals surface area contributed by atoms with E-state index in [9.17, 15) is 9.59 Å². The molecular weight excluding hydrogens is 380 g/mol. The van der Waals surface area contributed by atoms with Crippen molar-refractivity contribution in [2.45, 2.75) is 57.3 Å². The molecule has 1 N–H and O–H groups in total. The van der Waals surface area contributed by atoms with Crippen molar-refractivity contribution in [2.75, 3.05) is 19.6 Å². The number of piperidine rings is 1. The number of nitrogens with zero attached hydrogens (tertiary/aromatic N) is 3. The lowest BCUT2D eigenvalue weighted by atomic mass is 9.88. The molecule has 1 atom stereocenters. The summed E-state index contributed by atoms with van der Waals surface area (Å²) in [5.41, 5.74) is 1.82. The zero-order chi connectivity index (χ0) is 21.0. The molecule has 0 saturated carbocycles. The van der Waals surface area contributed by atoms with Crippen molar-refractivity contribution in [3.63, 3.8) is 0 Å². The van der Waals surface area contributed by atoms with Crippen LogP contribution < -0.4 is 5.32 Å². The fourth-order valence-corrected chi connectivity index (χ4v) is 4.43. The Morgan fingerprint density at radius 1 is 1.17 bits per heavy atom. The number of benzene rings is 1. The molecule has 2 aromatic rings. The van der Waals surface area contributed by atoms with E-state index in [1.165, 1.54) is 0 Å². The first-order valence-electron chi connectivity index (χ1n) is 10.8. The maximum absolute atomic E-state index is 12.6. The molecule has 0 radical (unpaired) electrons. The number of rotatable bonds is 6. The zero-order valence-electron chi connectivity index (χ0n) is 17.5. The van der Waals surface area contributed by atoms with E-state index in [0.717, 1.165) is 50.0 Å². The lowest BCUT2D eigenvalue weighted by Gasteiger charge is -2.39. The summed E-state index contributed by atoms with van der Waals surface area (Å²) in [4.78, 5) is 26.7. The first-order valence-corrected chi connectivity index (χ1v) is 10.8. The summed E-state index contributed by atoms with van der Waals surface area (Å²) in [5.74, 6) is 0.135. The highest BCUT2D eigenvalue weighted by molar-refractivity contribution is 5.79. The molecule has 0 bridgehead atoms. The average molecular weight is 411 g/mol. The van der Waals surface area contributed by atoms with Crippen molar-refractivity contribution in [1.82, 2.24) is 20.0 Å². The van der Waals surface area contributed by atoms with Gasteiger partial charge in [0.1, 0.15) is 6.54 Å². The zero-order valence-corrected chi connectivity index (χ0v) is 17.5. The Morgan fingerprint density at radius 2 is 1.93 bits per heavy atom. The Bertz CT molecular complexity index is 872. The van der Waals surface area contributed by atoms with Crippen molar-refractivity contribution in [3.05, 3.63) is 53.9 Å². The van der Waals surface area contributed by atoms with Gasteiger partial charge in [0, 0.05) is 25.8 Å².